The second kappa shape index (κ2) is 16.4. The van der Waals surface area contributed by atoms with Crippen molar-refractivity contribution in [1.29, 1.82) is 0 Å². The molecule has 2 rings (SSSR count). The molecule has 0 spiro atoms. The molecule has 0 atom stereocenters. The van der Waals surface area contributed by atoms with E-state index < -0.39 is 41.6 Å². The number of hydrogen-bond acceptors (Lipinski definition) is 10. The highest BCUT2D eigenvalue weighted by Crippen LogP contribution is 2.23. The van der Waals surface area contributed by atoms with Crippen LogP contribution in [0, 0.1) is 20.2 Å². The first-order valence-electron chi connectivity index (χ1n) is 13.5. The lowest BCUT2D eigenvalue weighted by atomic mass is 10.2. The monoisotopic (exact) mass is 769 g/mol. The molecule has 0 aliphatic heterocycles. The van der Waals surface area contributed by atoms with Gasteiger partial charge in [-0.15, -0.1) is 0 Å². The standard InChI is InChI=1S/C26H36IN5O10S2/c1-26(2,3)42-25(33)28-16-5-18-30(44(40,41)24-13-9-22(10-14-24)32(36)37)20-6-19-29(17-4-15-27)43(38,39)23-11-7-21(8-12-23)31(34)35/h7-14H,4-6,15-20H2,1-3H3,(H,28,33). The number of alkyl carbamates (subject to hydrolysis) is 1. The number of ether oxygens (including phenoxy) is 1. The van der Waals surface area contributed by atoms with Crippen molar-refractivity contribution in [3.05, 3.63) is 68.8 Å². The Morgan fingerprint density at radius 3 is 1.52 bits per heavy atom. The van der Waals surface area contributed by atoms with Crippen LogP contribution in [0.25, 0.3) is 0 Å². The van der Waals surface area contributed by atoms with Crippen LogP contribution in [0.3, 0.4) is 0 Å². The summed E-state index contributed by atoms with van der Waals surface area (Å²) in [4.78, 5) is 32.4. The molecule has 1 N–H and O–H groups in total. The van der Waals surface area contributed by atoms with E-state index in [0.29, 0.717) is 10.8 Å². The zero-order valence-corrected chi connectivity index (χ0v) is 28.3. The zero-order valence-electron chi connectivity index (χ0n) is 24.5. The van der Waals surface area contributed by atoms with Gasteiger partial charge >= 0.3 is 6.09 Å². The molecular weight excluding hydrogens is 733 g/mol. The smallest absolute Gasteiger partial charge is 0.407 e. The van der Waals surface area contributed by atoms with Crippen LogP contribution in [0.4, 0.5) is 16.2 Å². The van der Waals surface area contributed by atoms with E-state index in [9.17, 15) is 41.9 Å². The molecule has 2 aromatic rings. The molecule has 0 bridgehead atoms. The fourth-order valence-electron chi connectivity index (χ4n) is 3.90. The van der Waals surface area contributed by atoms with Crippen molar-refractivity contribution >= 4 is 60.1 Å². The summed E-state index contributed by atoms with van der Waals surface area (Å²) in [5, 5.41) is 24.6. The molecule has 44 heavy (non-hydrogen) atoms. The molecule has 18 heteroatoms. The Labute approximate surface area is 270 Å². The van der Waals surface area contributed by atoms with Crippen molar-refractivity contribution in [2.75, 3.05) is 37.2 Å². The summed E-state index contributed by atoms with van der Waals surface area (Å²) >= 11 is 2.11. The normalized spacial score (nSPS) is 12.3. The number of sulfonamides is 2. The lowest BCUT2D eigenvalue weighted by molar-refractivity contribution is -0.385. The minimum atomic E-state index is -4.15. The predicted octanol–water partition coefficient (Wildman–Crippen LogP) is 4.31. The van der Waals surface area contributed by atoms with Crippen molar-refractivity contribution in [2.24, 2.45) is 0 Å². The summed E-state index contributed by atoms with van der Waals surface area (Å²) in [6.07, 6.45) is 0.155. The van der Waals surface area contributed by atoms with Crippen LogP contribution in [-0.4, -0.2) is 84.1 Å². The molecule has 0 saturated carbocycles. The summed E-state index contributed by atoms with van der Waals surface area (Å²) in [6.45, 7) is 5.18. The van der Waals surface area contributed by atoms with E-state index in [1.54, 1.807) is 20.8 Å². The Bertz CT molecular complexity index is 1500. The molecule has 15 nitrogen and oxygen atoms in total. The topological polar surface area (TPSA) is 199 Å². The van der Waals surface area contributed by atoms with Gasteiger partial charge < -0.3 is 10.1 Å². The maximum absolute atomic E-state index is 13.5. The van der Waals surface area contributed by atoms with Gasteiger partial charge in [-0.3, -0.25) is 20.2 Å². The highest BCUT2D eigenvalue weighted by atomic mass is 127. The molecule has 244 valence electrons. The number of nitro benzene ring substituents is 2. The van der Waals surface area contributed by atoms with Gasteiger partial charge in [0.15, 0.2) is 0 Å². The summed E-state index contributed by atoms with van der Waals surface area (Å²) in [5.74, 6) is 0. The number of carbonyl (C=O) groups is 1. The molecule has 0 aliphatic rings. The van der Waals surface area contributed by atoms with E-state index in [2.05, 4.69) is 27.9 Å². The first kappa shape index (κ1) is 37.2. The van der Waals surface area contributed by atoms with Gasteiger partial charge in [0, 0.05) is 61.4 Å². The molecule has 0 saturated heterocycles. The molecule has 0 aliphatic carbocycles. The third kappa shape index (κ3) is 11.2. The minimum absolute atomic E-state index is 0.0433. The van der Waals surface area contributed by atoms with E-state index in [4.69, 9.17) is 4.74 Å². The van der Waals surface area contributed by atoms with Crippen molar-refractivity contribution in [3.63, 3.8) is 0 Å². The van der Waals surface area contributed by atoms with Crippen molar-refractivity contribution < 1.29 is 36.2 Å². The first-order chi connectivity index (χ1) is 20.5. The van der Waals surface area contributed by atoms with E-state index in [0.717, 1.165) is 52.8 Å². The summed E-state index contributed by atoms with van der Waals surface area (Å²) < 4.78 is 62.1. The Balaban J connectivity index is 2.23. The Morgan fingerprint density at radius 1 is 0.773 bits per heavy atom. The third-order valence-electron chi connectivity index (χ3n) is 5.98. The fourth-order valence-corrected chi connectivity index (χ4v) is 7.28. The van der Waals surface area contributed by atoms with Crippen molar-refractivity contribution in [1.82, 2.24) is 13.9 Å². The number of amides is 1. The van der Waals surface area contributed by atoms with E-state index in [1.165, 1.54) is 4.31 Å². The van der Waals surface area contributed by atoms with Crippen LogP contribution >= 0.6 is 22.6 Å². The molecular formula is C26H36IN5O10S2. The average molecular weight is 770 g/mol. The van der Waals surface area contributed by atoms with Crippen molar-refractivity contribution in [3.8, 4) is 0 Å². The highest BCUT2D eigenvalue weighted by Gasteiger charge is 2.28. The third-order valence-corrected chi connectivity index (χ3v) is 10.6. The number of nitro groups is 2. The number of nitrogens with one attached hydrogen (secondary N) is 1. The lowest BCUT2D eigenvalue weighted by Gasteiger charge is -2.26. The number of nitrogens with zero attached hydrogens (tertiary/aromatic N) is 4. The van der Waals surface area contributed by atoms with Gasteiger partial charge in [0.2, 0.25) is 20.0 Å². The van der Waals surface area contributed by atoms with Crippen LogP contribution < -0.4 is 5.32 Å². The molecule has 0 aromatic heterocycles. The molecule has 0 fully saturated rings. The highest BCUT2D eigenvalue weighted by molar-refractivity contribution is 14.1. The van der Waals surface area contributed by atoms with Gasteiger partial charge in [0.1, 0.15) is 5.60 Å². The average Bonchev–Trinajstić information content (AvgIpc) is 2.94. The van der Waals surface area contributed by atoms with E-state index >= 15 is 0 Å². The van der Waals surface area contributed by atoms with Gasteiger partial charge in [0.25, 0.3) is 11.4 Å². The number of hydrogen-bond donors (Lipinski definition) is 1. The Hall–Kier alpha value is -2.94. The number of rotatable bonds is 17. The van der Waals surface area contributed by atoms with Crippen LogP contribution in [0.5, 0.6) is 0 Å². The van der Waals surface area contributed by atoms with Crippen LogP contribution in [-0.2, 0) is 24.8 Å². The summed E-state index contributed by atoms with van der Waals surface area (Å²) in [7, 11) is -8.20. The largest absolute Gasteiger partial charge is 0.444 e. The Kier molecular flexibility index (Phi) is 13.9. The maximum Gasteiger partial charge on any atom is 0.407 e. The molecule has 2 aromatic carbocycles. The number of non-ortho nitro benzene ring substituents is 2. The number of alkyl halides is 1. The predicted molar refractivity (Wildman–Crippen MR) is 171 cm³/mol. The molecule has 0 heterocycles. The maximum atomic E-state index is 13.5. The quantitative estimate of drug-likeness (QED) is 0.0795. The summed E-state index contributed by atoms with van der Waals surface area (Å²) in [6, 6.07) is 8.95. The van der Waals surface area contributed by atoms with Gasteiger partial charge in [0.05, 0.1) is 19.6 Å². The van der Waals surface area contributed by atoms with Gasteiger partial charge in [-0.25, -0.2) is 21.6 Å². The van der Waals surface area contributed by atoms with Crippen molar-refractivity contribution in [2.45, 2.75) is 55.4 Å². The zero-order chi connectivity index (χ0) is 33.1. The SMILES string of the molecule is CC(C)(C)OC(=O)NCCCN(CCCN(CCCI)S(=O)(=O)c1ccc([N+](=O)[O-])cc1)S(=O)(=O)c1ccc([N+](=O)[O-])cc1. The van der Waals surface area contributed by atoms with Gasteiger partial charge in [-0.05, 0) is 64.3 Å². The molecule has 0 unspecified atom stereocenters. The minimum Gasteiger partial charge on any atom is -0.444 e. The molecule has 1 amide bonds. The van der Waals surface area contributed by atoms with E-state index in [-0.39, 0.29) is 66.7 Å². The van der Waals surface area contributed by atoms with Gasteiger partial charge in [-0.2, -0.15) is 8.61 Å². The van der Waals surface area contributed by atoms with Crippen LogP contribution in [0.15, 0.2) is 58.3 Å². The lowest BCUT2D eigenvalue weighted by Crippen LogP contribution is -2.39. The fraction of sp³-hybridized carbons (Fsp3) is 0.500. The summed E-state index contributed by atoms with van der Waals surface area (Å²) in [5.41, 5.74) is -1.25. The number of benzene rings is 2. The number of halogens is 1. The second-order valence-electron chi connectivity index (χ2n) is 10.5. The second-order valence-corrected chi connectivity index (χ2v) is 15.4. The van der Waals surface area contributed by atoms with Gasteiger partial charge in [-0.1, -0.05) is 22.6 Å². The molecule has 0 radical (unpaired) electrons. The first-order valence-corrected chi connectivity index (χ1v) is 17.9. The Morgan fingerprint density at radius 2 is 1.16 bits per heavy atom. The number of carbonyl (C=O) groups excluding carboxylic acids is 1. The van der Waals surface area contributed by atoms with Crippen LogP contribution in [0.1, 0.15) is 40.0 Å². The van der Waals surface area contributed by atoms with Crippen LogP contribution in [0.2, 0.25) is 0 Å². The van der Waals surface area contributed by atoms with E-state index in [1.807, 2.05) is 0 Å².